The average Bonchev–Trinajstić information content (AvgIpc) is 2.79. The summed E-state index contributed by atoms with van der Waals surface area (Å²) in [4.78, 5) is 0. The normalized spacial score (nSPS) is 31.7. The fraction of sp³-hybridized carbons (Fsp3) is 0.294. The van der Waals surface area contributed by atoms with Crippen LogP contribution in [0.2, 0.25) is 0 Å². The first kappa shape index (κ1) is 10.2. The molecule has 1 aliphatic heterocycles. The Kier molecular flexibility index (Phi) is 2.05. The zero-order valence-corrected chi connectivity index (χ0v) is 10.5. The van der Waals surface area contributed by atoms with Gasteiger partial charge in [-0.1, -0.05) is 42.5 Å². The van der Waals surface area contributed by atoms with Crippen molar-refractivity contribution in [3.8, 4) is 0 Å². The molecule has 1 heterocycles. The summed E-state index contributed by atoms with van der Waals surface area (Å²) in [7, 11) is 0. The number of allylic oxidation sites excluding steroid dienone is 4. The summed E-state index contributed by atoms with van der Waals surface area (Å²) in [6.45, 7) is 2.16. The first-order valence-corrected chi connectivity index (χ1v) is 6.66. The van der Waals surface area contributed by atoms with Crippen LogP contribution in [-0.4, -0.2) is 6.10 Å². The van der Waals surface area contributed by atoms with Gasteiger partial charge in [-0.3, -0.25) is 0 Å². The van der Waals surface area contributed by atoms with Crippen LogP contribution in [0.15, 0.2) is 53.8 Å². The second-order valence-corrected chi connectivity index (χ2v) is 5.39. The highest BCUT2D eigenvalue weighted by molar-refractivity contribution is 5.60. The molecule has 3 atom stereocenters. The summed E-state index contributed by atoms with van der Waals surface area (Å²) in [6, 6.07) is 8.72. The molecule has 2 aliphatic carbocycles. The van der Waals surface area contributed by atoms with Gasteiger partial charge in [0.15, 0.2) is 0 Å². The standard InChI is InChI=1S/C17H16O/c1-11-5-4-8-14-16-13-7-3-2-6-12(13)9-10-15(16)18-17(11)14/h2-7,9-10,14-16H,8H2,1H3. The zero-order valence-electron chi connectivity index (χ0n) is 10.5. The molecule has 1 aromatic rings. The zero-order chi connectivity index (χ0) is 12.1. The van der Waals surface area contributed by atoms with E-state index in [4.69, 9.17) is 4.74 Å². The van der Waals surface area contributed by atoms with E-state index in [2.05, 4.69) is 55.5 Å². The van der Waals surface area contributed by atoms with Gasteiger partial charge in [0, 0.05) is 11.8 Å². The lowest BCUT2D eigenvalue weighted by Crippen LogP contribution is -2.20. The lowest BCUT2D eigenvalue weighted by atomic mass is 9.75. The monoisotopic (exact) mass is 236 g/mol. The molecule has 3 unspecified atom stereocenters. The molecule has 1 nitrogen and oxygen atoms in total. The molecule has 0 saturated carbocycles. The van der Waals surface area contributed by atoms with Crippen LogP contribution in [0.5, 0.6) is 0 Å². The smallest absolute Gasteiger partial charge is 0.124 e. The molecule has 0 bridgehead atoms. The molecular weight excluding hydrogens is 220 g/mol. The first-order chi connectivity index (χ1) is 8.84. The lowest BCUT2D eigenvalue weighted by molar-refractivity contribution is 0.188. The summed E-state index contributed by atoms with van der Waals surface area (Å²) >= 11 is 0. The molecule has 0 aromatic heterocycles. The Hall–Kier alpha value is -1.76. The van der Waals surface area contributed by atoms with E-state index < -0.39 is 0 Å². The Balaban J connectivity index is 1.86. The largest absolute Gasteiger partial charge is 0.489 e. The Morgan fingerprint density at radius 2 is 2.06 bits per heavy atom. The summed E-state index contributed by atoms with van der Waals surface area (Å²) in [5.41, 5.74) is 4.11. The van der Waals surface area contributed by atoms with E-state index in [1.807, 2.05) is 0 Å². The van der Waals surface area contributed by atoms with E-state index in [0.717, 1.165) is 6.42 Å². The van der Waals surface area contributed by atoms with Gasteiger partial charge in [-0.15, -0.1) is 0 Å². The number of fused-ring (bicyclic) bond motifs is 5. The molecule has 4 rings (SSSR count). The molecule has 18 heavy (non-hydrogen) atoms. The molecule has 1 fully saturated rings. The van der Waals surface area contributed by atoms with Crippen molar-refractivity contribution in [2.75, 3.05) is 0 Å². The van der Waals surface area contributed by atoms with E-state index in [1.165, 1.54) is 22.5 Å². The maximum absolute atomic E-state index is 6.18. The minimum absolute atomic E-state index is 0.231. The van der Waals surface area contributed by atoms with Crippen molar-refractivity contribution in [3.05, 3.63) is 65.0 Å². The van der Waals surface area contributed by atoms with Crippen LogP contribution in [-0.2, 0) is 4.74 Å². The van der Waals surface area contributed by atoms with E-state index in [-0.39, 0.29) is 6.10 Å². The minimum Gasteiger partial charge on any atom is -0.489 e. The van der Waals surface area contributed by atoms with Crippen LogP contribution in [0.3, 0.4) is 0 Å². The molecule has 0 radical (unpaired) electrons. The maximum Gasteiger partial charge on any atom is 0.124 e. The third kappa shape index (κ3) is 1.28. The van der Waals surface area contributed by atoms with Gasteiger partial charge in [-0.05, 0) is 36.1 Å². The Labute approximate surface area is 107 Å². The SMILES string of the molecule is CC1=C2OC3C=Cc4ccccc4C3C2CC=C1. The van der Waals surface area contributed by atoms with Crippen molar-refractivity contribution in [1.29, 1.82) is 0 Å². The van der Waals surface area contributed by atoms with E-state index in [1.54, 1.807) is 0 Å². The van der Waals surface area contributed by atoms with Gasteiger partial charge in [-0.2, -0.15) is 0 Å². The first-order valence-electron chi connectivity index (χ1n) is 6.66. The Morgan fingerprint density at radius 3 is 3.00 bits per heavy atom. The van der Waals surface area contributed by atoms with Crippen LogP contribution in [0.1, 0.15) is 30.4 Å². The molecule has 0 spiro atoms. The topological polar surface area (TPSA) is 9.23 Å². The molecule has 1 aromatic carbocycles. The fourth-order valence-electron chi connectivity index (χ4n) is 3.53. The molecule has 1 saturated heterocycles. The summed E-state index contributed by atoms with van der Waals surface area (Å²) in [5.74, 6) is 2.25. The number of ether oxygens (including phenoxy) is 1. The highest BCUT2D eigenvalue weighted by Gasteiger charge is 2.44. The Bertz CT molecular complexity index is 591. The molecule has 0 N–H and O–H groups in total. The van der Waals surface area contributed by atoms with Crippen LogP contribution in [0.25, 0.3) is 6.08 Å². The molecule has 3 aliphatic rings. The summed E-state index contributed by atoms with van der Waals surface area (Å²) in [6.07, 6.45) is 10.3. The highest BCUT2D eigenvalue weighted by atomic mass is 16.5. The third-order valence-electron chi connectivity index (χ3n) is 4.35. The van der Waals surface area contributed by atoms with Gasteiger partial charge in [-0.25, -0.2) is 0 Å². The van der Waals surface area contributed by atoms with Crippen LogP contribution >= 0.6 is 0 Å². The summed E-state index contributed by atoms with van der Waals surface area (Å²) < 4.78 is 6.18. The van der Waals surface area contributed by atoms with Gasteiger partial charge < -0.3 is 4.74 Å². The number of hydrogen-bond acceptors (Lipinski definition) is 1. The minimum atomic E-state index is 0.231. The maximum atomic E-state index is 6.18. The van der Waals surface area contributed by atoms with Crippen molar-refractivity contribution in [2.45, 2.75) is 25.4 Å². The van der Waals surface area contributed by atoms with Gasteiger partial charge in [0.2, 0.25) is 0 Å². The van der Waals surface area contributed by atoms with Crippen molar-refractivity contribution in [1.82, 2.24) is 0 Å². The number of benzene rings is 1. The third-order valence-corrected chi connectivity index (χ3v) is 4.35. The second-order valence-electron chi connectivity index (χ2n) is 5.39. The van der Waals surface area contributed by atoms with Gasteiger partial charge in [0.25, 0.3) is 0 Å². The Morgan fingerprint density at radius 1 is 1.17 bits per heavy atom. The second kappa shape index (κ2) is 3.61. The van der Waals surface area contributed by atoms with Crippen molar-refractivity contribution < 1.29 is 4.74 Å². The van der Waals surface area contributed by atoms with Gasteiger partial charge in [0.1, 0.15) is 11.9 Å². The van der Waals surface area contributed by atoms with E-state index in [9.17, 15) is 0 Å². The molecule has 1 heteroatoms. The summed E-state index contributed by atoms with van der Waals surface area (Å²) in [5, 5.41) is 0. The quantitative estimate of drug-likeness (QED) is 0.660. The average molecular weight is 236 g/mol. The van der Waals surface area contributed by atoms with Crippen molar-refractivity contribution in [3.63, 3.8) is 0 Å². The van der Waals surface area contributed by atoms with Crippen molar-refractivity contribution in [2.24, 2.45) is 5.92 Å². The van der Waals surface area contributed by atoms with E-state index >= 15 is 0 Å². The van der Waals surface area contributed by atoms with Crippen LogP contribution < -0.4 is 0 Å². The molecule has 0 amide bonds. The van der Waals surface area contributed by atoms with Gasteiger partial charge in [0.05, 0.1) is 0 Å². The predicted octanol–water partition coefficient (Wildman–Crippen LogP) is 4.05. The predicted molar refractivity (Wildman–Crippen MR) is 73.0 cm³/mol. The lowest BCUT2D eigenvalue weighted by Gasteiger charge is -2.25. The number of rotatable bonds is 0. The highest BCUT2D eigenvalue weighted by Crippen LogP contribution is 2.50. The fourth-order valence-corrected chi connectivity index (χ4v) is 3.53. The molecular formula is C17H16O. The van der Waals surface area contributed by atoms with Crippen LogP contribution in [0.4, 0.5) is 0 Å². The molecule has 90 valence electrons. The number of hydrogen-bond donors (Lipinski definition) is 0. The van der Waals surface area contributed by atoms with Gasteiger partial charge >= 0.3 is 0 Å². The van der Waals surface area contributed by atoms with Crippen LogP contribution in [0, 0.1) is 5.92 Å². The van der Waals surface area contributed by atoms with E-state index in [0.29, 0.717) is 11.8 Å². The van der Waals surface area contributed by atoms with Crippen molar-refractivity contribution >= 4 is 6.08 Å².